The van der Waals surface area contributed by atoms with Gasteiger partial charge in [-0.05, 0) is 83.5 Å². The first-order valence-electron chi connectivity index (χ1n) is 27.7. The zero-order valence-corrected chi connectivity index (χ0v) is 45.2. The average Bonchev–Trinajstić information content (AvgIpc) is 3.29. The fraction of sp³-hybridized carbons (Fsp3) is 0.776. The van der Waals surface area contributed by atoms with Crippen LogP contribution in [0.1, 0.15) is 232 Å². The number of ether oxygens (including phenoxy) is 2. The van der Waals surface area contributed by atoms with Crippen molar-refractivity contribution in [2.45, 2.75) is 238 Å². The van der Waals surface area contributed by atoms with Crippen LogP contribution in [0, 0.1) is 0 Å². The molecule has 8 nitrogen and oxygen atoms in total. The molecule has 0 amide bonds. The zero-order valence-electron chi connectivity index (χ0n) is 44.3. The highest BCUT2D eigenvalue weighted by Crippen LogP contribution is 2.38. The van der Waals surface area contributed by atoms with Crippen molar-refractivity contribution in [3.63, 3.8) is 0 Å². The molecule has 2 atom stereocenters. The summed E-state index contributed by atoms with van der Waals surface area (Å²) in [5.41, 5.74) is 0. The Morgan fingerprint density at radius 3 is 1.31 bits per heavy atom. The predicted molar refractivity (Wildman–Crippen MR) is 286 cm³/mol. The third-order valence-corrected chi connectivity index (χ3v) is 12.7. The minimum absolute atomic E-state index is 0.0212. The summed E-state index contributed by atoms with van der Waals surface area (Å²) < 4.78 is 34.8. The van der Waals surface area contributed by atoms with Crippen molar-refractivity contribution in [3.8, 4) is 0 Å². The summed E-state index contributed by atoms with van der Waals surface area (Å²) in [6.07, 6.45) is 66.5. The molecule has 67 heavy (non-hydrogen) atoms. The summed E-state index contributed by atoms with van der Waals surface area (Å²) in [6.45, 7) is 5.29. The first-order valence-corrected chi connectivity index (χ1v) is 29.1. The second-order valence-corrected chi connectivity index (χ2v) is 21.0. The lowest BCUT2D eigenvalue weighted by molar-refractivity contribution is -0.870. The van der Waals surface area contributed by atoms with Gasteiger partial charge in [0.1, 0.15) is 19.3 Å². The van der Waals surface area contributed by atoms with Gasteiger partial charge < -0.3 is 27.9 Å². The fourth-order valence-corrected chi connectivity index (χ4v) is 8.24. The summed E-state index contributed by atoms with van der Waals surface area (Å²) >= 11 is 0. The van der Waals surface area contributed by atoms with Crippen molar-refractivity contribution in [2.24, 2.45) is 0 Å². The van der Waals surface area contributed by atoms with Crippen LogP contribution in [0.2, 0.25) is 0 Å². The van der Waals surface area contributed by atoms with Crippen molar-refractivity contribution < 1.29 is 37.3 Å². The summed E-state index contributed by atoms with van der Waals surface area (Å²) in [5.74, 6) is -0.339. The molecule has 0 aliphatic heterocycles. The van der Waals surface area contributed by atoms with Gasteiger partial charge in [0, 0.05) is 13.0 Å². The lowest BCUT2D eigenvalue weighted by Crippen LogP contribution is -2.37. The lowest BCUT2D eigenvalue weighted by Gasteiger charge is -2.28. The number of rotatable bonds is 51. The summed E-state index contributed by atoms with van der Waals surface area (Å²) in [4.78, 5) is 25.2. The van der Waals surface area contributed by atoms with Gasteiger partial charge in [0.25, 0.3) is 7.82 Å². The molecule has 390 valence electrons. The van der Waals surface area contributed by atoms with Crippen LogP contribution < -0.4 is 4.89 Å². The molecule has 9 heteroatoms. The number of phosphoric ester groups is 1. The van der Waals surface area contributed by atoms with Crippen molar-refractivity contribution in [3.05, 3.63) is 72.9 Å². The monoisotopic (exact) mass is 960 g/mol. The van der Waals surface area contributed by atoms with E-state index in [4.69, 9.17) is 18.5 Å². The van der Waals surface area contributed by atoms with Crippen LogP contribution in [-0.4, -0.2) is 70.7 Å². The Morgan fingerprint density at radius 1 is 0.478 bits per heavy atom. The Bertz CT molecular complexity index is 1300. The Labute approximate surface area is 414 Å². The molecule has 0 aromatic heterocycles. The number of carbonyl (C=O) groups excluding carboxylic acids is 1. The van der Waals surface area contributed by atoms with Crippen molar-refractivity contribution in [1.82, 2.24) is 0 Å². The van der Waals surface area contributed by atoms with E-state index in [1.807, 2.05) is 21.1 Å². The molecule has 0 saturated heterocycles. The second-order valence-electron chi connectivity index (χ2n) is 19.6. The Morgan fingerprint density at radius 2 is 0.866 bits per heavy atom. The maximum absolute atomic E-state index is 12.8. The molecule has 0 aromatic rings. The molecular formula is C58H106NO7P. The molecule has 0 rings (SSSR count). The maximum Gasteiger partial charge on any atom is 0.306 e. The quantitative estimate of drug-likeness (QED) is 0.0197. The van der Waals surface area contributed by atoms with Gasteiger partial charge in [-0.3, -0.25) is 9.36 Å². The van der Waals surface area contributed by atoms with E-state index in [0.717, 1.165) is 70.6 Å². The van der Waals surface area contributed by atoms with E-state index in [2.05, 4.69) is 86.8 Å². The highest BCUT2D eigenvalue weighted by molar-refractivity contribution is 7.45. The van der Waals surface area contributed by atoms with Gasteiger partial charge in [0.15, 0.2) is 0 Å². The van der Waals surface area contributed by atoms with Crippen LogP contribution in [0.4, 0.5) is 0 Å². The SMILES string of the molecule is CC/C=C\C/C=C\C/C=C\C/C=C\C/C=C\CCCCCCCCCCOCC(COP(=O)([O-])OCC[N+](C)(C)C)OC(=O)CCCCCCCCCCC/C=C\CCCCCCCCCC. The van der Waals surface area contributed by atoms with Crippen molar-refractivity contribution in [2.75, 3.05) is 54.1 Å². The molecule has 2 unspecified atom stereocenters. The van der Waals surface area contributed by atoms with Crippen LogP contribution in [-0.2, 0) is 27.9 Å². The third kappa shape index (κ3) is 54.7. The predicted octanol–water partition coefficient (Wildman–Crippen LogP) is 16.8. The number of unbranched alkanes of at least 4 members (excludes halogenated alkanes) is 25. The first kappa shape index (κ1) is 64.9. The molecule has 0 N–H and O–H groups in total. The lowest BCUT2D eigenvalue weighted by atomic mass is 10.1. The number of carbonyl (C=O) groups is 1. The van der Waals surface area contributed by atoms with E-state index >= 15 is 0 Å². The summed E-state index contributed by atoms with van der Waals surface area (Å²) in [7, 11) is 1.35. The average molecular weight is 960 g/mol. The fourth-order valence-electron chi connectivity index (χ4n) is 7.51. The number of likely N-dealkylation sites (N-methyl/N-ethyl adjacent to an activating group) is 1. The molecule has 0 aliphatic carbocycles. The van der Waals surface area contributed by atoms with E-state index in [1.54, 1.807) is 0 Å². The number of hydrogen-bond donors (Lipinski definition) is 0. The number of esters is 1. The van der Waals surface area contributed by atoms with Crippen LogP contribution in [0.3, 0.4) is 0 Å². The Balaban J connectivity index is 4.13. The highest BCUT2D eigenvalue weighted by Gasteiger charge is 2.20. The van der Waals surface area contributed by atoms with Gasteiger partial charge in [-0.15, -0.1) is 0 Å². The Hall–Kier alpha value is -2.06. The number of quaternary nitrogens is 1. The van der Waals surface area contributed by atoms with Crippen LogP contribution in [0.15, 0.2) is 72.9 Å². The van der Waals surface area contributed by atoms with Gasteiger partial charge in [-0.25, -0.2) is 0 Å². The number of allylic oxidation sites excluding steroid dienone is 12. The molecule has 0 saturated carbocycles. The molecule has 0 heterocycles. The van der Waals surface area contributed by atoms with Gasteiger partial charge in [-0.1, -0.05) is 215 Å². The van der Waals surface area contributed by atoms with Crippen LogP contribution >= 0.6 is 7.82 Å². The largest absolute Gasteiger partial charge is 0.756 e. The molecule has 0 fully saturated rings. The standard InChI is InChI=1S/C58H106NO7P/c1-6-8-10-12-14-16-18-20-22-24-26-28-29-30-32-34-36-38-40-42-44-46-48-50-53-63-55-57(56-65-67(61,62)64-54-52-59(3,4)5)66-58(60)51-49-47-45-43-41-39-37-35-33-31-27-25-23-21-19-17-15-13-11-9-7-2/h8,10,14,16,20,22,25-28,30,32,57H,6-7,9,11-13,15,17-19,21,23-24,29,31,33-56H2,1-5H3/b10-8-,16-14-,22-20-,27-25-,28-26-,32-30-. The van der Waals surface area contributed by atoms with E-state index in [9.17, 15) is 14.3 Å². The number of hydrogen-bond acceptors (Lipinski definition) is 7. The maximum atomic E-state index is 12.8. The zero-order chi connectivity index (χ0) is 49.0. The van der Waals surface area contributed by atoms with E-state index < -0.39 is 13.9 Å². The van der Waals surface area contributed by atoms with Gasteiger partial charge in [0.2, 0.25) is 0 Å². The summed E-state index contributed by atoms with van der Waals surface area (Å²) in [5, 5.41) is 0. The summed E-state index contributed by atoms with van der Waals surface area (Å²) in [6, 6.07) is 0. The minimum Gasteiger partial charge on any atom is -0.756 e. The molecule has 0 radical (unpaired) electrons. The van der Waals surface area contributed by atoms with E-state index in [-0.39, 0.29) is 25.8 Å². The first-order chi connectivity index (χ1) is 32.6. The number of nitrogens with zero attached hydrogens (tertiary/aromatic N) is 1. The normalized spacial score (nSPS) is 14.1. The molecule has 0 aromatic carbocycles. The topological polar surface area (TPSA) is 94.1 Å². The van der Waals surface area contributed by atoms with Crippen LogP contribution in [0.5, 0.6) is 0 Å². The molecular weight excluding hydrogens is 854 g/mol. The van der Waals surface area contributed by atoms with Crippen molar-refractivity contribution in [1.29, 1.82) is 0 Å². The Kier molecular flexibility index (Phi) is 48.8. The van der Waals surface area contributed by atoms with Crippen molar-refractivity contribution >= 4 is 13.8 Å². The van der Waals surface area contributed by atoms with Gasteiger partial charge in [0.05, 0.1) is 34.4 Å². The number of phosphoric acid groups is 1. The minimum atomic E-state index is -4.54. The van der Waals surface area contributed by atoms with Crippen LogP contribution in [0.25, 0.3) is 0 Å². The van der Waals surface area contributed by atoms with E-state index in [1.165, 1.54) is 141 Å². The molecule has 0 aliphatic rings. The third-order valence-electron chi connectivity index (χ3n) is 11.7. The smallest absolute Gasteiger partial charge is 0.306 e. The highest BCUT2D eigenvalue weighted by atomic mass is 31.2. The second kappa shape index (κ2) is 50.3. The van der Waals surface area contributed by atoms with Gasteiger partial charge in [-0.2, -0.15) is 0 Å². The van der Waals surface area contributed by atoms with Gasteiger partial charge >= 0.3 is 5.97 Å². The van der Waals surface area contributed by atoms with E-state index in [0.29, 0.717) is 24.1 Å². The molecule has 0 bridgehead atoms. The molecule has 0 spiro atoms.